The summed E-state index contributed by atoms with van der Waals surface area (Å²) in [5, 5.41) is 3.49. The fraction of sp³-hybridized carbons (Fsp3) is 0.625. The largest absolute Gasteiger partial charge is 0.486 e. The lowest BCUT2D eigenvalue weighted by atomic mass is 10.0. The first-order chi connectivity index (χ1) is 10.3. The molecule has 5 heteroatoms. The highest BCUT2D eigenvalue weighted by atomic mass is 16.6. The number of methoxy groups -OCH3 is 1. The molecular weight excluding hydrogens is 270 g/mol. The summed E-state index contributed by atoms with van der Waals surface area (Å²) in [7, 11) is 1.68. The summed E-state index contributed by atoms with van der Waals surface area (Å²) in [6.07, 6.45) is 0.914. The van der Waals surface area contributed by atoms with Gasteiger partial charge in [-0.25, -0.2) is 0 Å². The molecule has 2 rings (SSSR count). The first kappa shape index (κ1) is 16.1. The van der Waals surface area contributed by atoms with Gasteiger partial charge in [0.2, 0.25) is 0 Å². The average Bonchev–Trinajstić information content (AvgIpc) is 2.53. The minimum Gasteiger partial charge on any atom is -0.486 e. The van der Waals surface area contributed by atoms with Gasteiger partial charge in [-0.1, -0.05) is 13.0 Å². The first-order valence-corrected chi connectivity index (χ1v) is 7.54. The zero-order valence-corrected chi connectivity index (χ0v) is 12.9. The Balaban J connectivity index is 1.93. The average molecular weight is 295 g/mol. The van der Waals surface area contributed by atoms with Crippen LogP contribution in [0.25, 0.3) is 0 Å². The van der Waals surface area contributed by atoms with E-state index in [1.807, 2.05) is 6.07 Å². The van der Waals surface area contributed by atoms with Gasteiger partial charge in [0.1, 0.15) is 13.2 Å². The fourth-order valence-corrected chi connectivity index (χ4v) is 2.36. The van der Waals surface area contributed by atoms with Crippen molar-refractivity contribution in [3.05, 3.63) is 23.8 Å². The second kappa shape index (κ2) is 8.87. The van der Waals surface area contributed by atoms with Crippen LogP contribution in [0.2, 0.25) is 0 Å². The molecule has 118 valence electrons. The summed E-state index contributed by atoms with van der Waals surface area (Å²) in [6.45, 7) is 6.23. The zero-order chi connectivity index (χ0) is 14.9. The zero-order valence-electron chi connectivity index (χ0n) is 12.9. The summed E-state index contributed by atoms with van der Waals surface area (Å²) < 4.78 is 21.7. The predicted molar refractivity (Wildman–Crippen MR) is 81.2 cm³/mol. The van der Waals surface area contributed by atoms with E-state index in [1.165, 1.54) is 5.56 Å². The molecule has 1 aliphatic heterocycles. The second-order valence-corrected chi connectivity index (χ2v) is 4.91. The minimum absolute atomic E-state index is 0.258. The van der Waals surface area contributed by atoms with Gasteiger partial charge in [0, 0.05) is 19.8 Å². The van der Waals surface area contributed by atoms with E-state index in [-0.39, 0.29) is 6.04 Å². The summed E-state index contributed by atoms with van der Waals surface area (Å²) in [6, 6.07) is 6.40. The lowest BCUT2D eigenvalue weighted by Gasteiger charge is -2.22. The van der Waals surface area contributed by atoms with Crippen molar-refractivity contribution in [2.24, 2.45) is 0 Å². The highest BCUT2D eigenvalue weighted by molar-refractivity contribution is 5.44. The number of rotatable bonds is 9. The Morgan fingerprint density at radius 1 is 1.14 bits per heavy atom. The maximum absolute atomic E-state index is 5.65. The highest BCUT2D eigenvalue weighted by Gasteiger charge is 2.16. The van der Waals surface area contributed by atoms with Gasteiger partial charge in [0.05, 0.1) is 13.2 Å². The van der Waals surface area contributed by atoms with Crippen molar-refractivity contribution in [2.75, 3.05) is 46.7 Å². The van der Waals surface area contributed by atoms with Crippen LogP contribution in [0.1, 0.15) is 24.9 Å². The summed E-state index contributed by atoms with van der Waals surface area (Å²) in [4.78, 5) is 0. The van der Waals surface area contributed by atoms with Crippen molar-refractivity contribution in [1.82, 2.24) is 5.32 Å². The van der Waals surface area contributed by atoms with E-state index in [2.05, 4.69) is 24.4 Å². The van der Waals surface area contributed by atoms with Gasteiger partial charge >= 0.3 is 0 Å². The van der Waals surface area contributed by atoms with Crippen molar-refractivity contribution in [3.63, 3.8) is 0 Å². The van der Waals surface area contributed by atoms with E-state index in [4.69, 9.17) is 18.9 Å². The molecule has 0 bridgehead atoms. The Kier molecular flexibility index (Phi) is 6.79. The molecule has 0 aliphatic carbocycles. The second-order valence-electron chi connectivity index (χ2n) is 4.91. The Hall–Kier alpha value is -1.30. The Morgan fingerprint density at radius 3 is 2.71 bits per heavy atom. The molecule has 0 spiro atoms. The van der Waals surface area contributed by atoms with Crippen LogP contribution in [-0.4, -0.2) is 46.7 Å². The first-order valence-electron chi connectivity index (χ1n) is 7.54. The van der Waals surface area contributed by atoms with E-state index in [9.17, 15) is 0 Å². The van der Waals surface area contributed by atoms with Crippen LogP contribution in [-0.2, 0) is 9.47 Å². The van der Waals surface area contributed by atoms with Gasteiger partial charge < -0.3 is 24.3 Å². The van der Waals surface area contributed by atoms with Crippen LogP contribution < -0.4 is 14.8 Å². The number of nitrogens with one attached hydrogen (secondary N) is 1. The van der Waals surface area contributed by atoms with Crippen LogP contribution in [0, 0.1) is 0 Å². The van der Waals surface area contributed by atoms with E-state index in [0.717, 1.165) is 24.5 Å². The van der Waals surface area contributed by atoms with E-state index >= 15 is 0 Å². The molecule has 0 aromatic heterocycles. The molecule has 21 heavy (non-hydrogen) atoms. The maximum atomic E-state index is 5.65. The molecular formula is C16H25NO4. The minimum atomic E-state index is 0.258. The summed E-state index contributed by atoms with van der Waals surface area (Å²) >= 11 is 0. The third-order valence-electron chi connectivity index (χ3n) is 3.40. The molecule has 0 amide bonds. The Bertz CT molecular complexity index is 425. The number of hydrogen-bond donors (Lipinski definition) is 1. The number of ether oxygens (including phenoxy) is 4. The molecule has 1 unspecified atom stereocenters. The van der Waals surface area contributed by atoms with Crippen molar-refractivity contribution < 1.29 is 18.9 Å². The van der Waals surface area contributed by atoms with Crippen LogP contribution in [0.5, 0.6) is 11.5 Å². The molecule has 1 N–H and O–H groups in total. The monoisotopic (exact) mass is 295 g/mol. The quantitative estimate of drug-likeness (QED) is 0.708. The topological polar surface area (TPSA) is 49.0 Å². The van der Waals surface area contributed by atoms with Crippen molar-refractivity contribution in [1.29, 1.82) is 0 Å². The van der Waals surface area contributed by atoms with Gasteiger partial charge in [-0.2, -0.15) is 0 Å². The predicted octanol–water partition coefficient (Wildman–Crippen LogP) is 2.16. The van der Waals surface area contributed by atoms with Gasteiger partial charge in [-0.15, -0.1) is 0 Å². The SMILES string of the molecule is CCNC(CCOCCOC)c1ccc2c(c1)OCCO2. The molecule has 0 saturated carbocycles. The standard InChI is InChI=1S/C16H25NO4/c1-3-17-14(6-7-19-9-8-18-2)13-4-5-15-16(12-13)21-11-10-20-15/h4-5,12,14,17H,3,6-11H2,1-2H3. The summed E-state index contributed by atoms with van der Waals surface area (Å²) in [5.41, 5.74) is 1.21. The molecule has 1 heterocycles. The van der Waals surface area contributed by atoms with Crippen molar-refractivity contribution >= 4 is 0 Å². The van der Waals surface area contributed by atoms with Crippen LogP contribution in [0.3, 0.4) is 0 Å². The van der Waals surface area contributed by atoms with E-state index in [0.29, 0.717) is 33.0 Å². The van der Waals surface area contributed by atoms with E-state index < -0.39 is 0 Å². The molecule has 0 radical (unpaired) electrons. The molecule has 1 aromatic rings. The summed E-state index contributed by atoms with van der Waals surface area (Å²) in [5.74, 6) is 1.67. The maximum Gasteiger partial charge on any atom is 0.161 e. The lowest BCUT2D eigenvalue weighted by Crippen LogP contribution is -2.23. The van der Waals surface area contributed by atoms with Gasteiger partial charge in [0.15, 0.2) is 11.5 Å². The van der Waals surface area contributed by atoms with E-state index in [1.54, 1.807) is 7.11 Å². The van der Waals surface area contributed by atoms with Crippen molar-refractivity contribution in [2.45, 2.75) is 19.4 Å². The molecule has 1 aliphatic rings. The number of fused-ring (bicyclic) bond motifs is 1. The van der Waals surface area contributed by atoms with Gasteiger partial charge in [-0.3, -0.25) is 0 Å². The third-order valence-corrected chi connectivity index (χ3v) is 3.40. The molecule has 5 nitrogen and oxygen atoms in total. The van der Waals surface area contributed by atoms with Crippen molar-refractivity contribution in [3.8, 4) is 11.5 Å². The van der Waals surface area contributed by atoms with Crippen LogP contribution in [0.4, 0.5) is 0 Å². The highest BCUT2D eigenvalue weighted by Crippen LogP contribution is 2.33. The Morgan fingerprint density at radius 2 is 1.95 bits per heavy atom. The smallest absolute Gasteiger partial charge is 0.161 e. The normalized spacial score (nSPS) is 15.0. The van der Waals surface area contributed by atoms with Gasteiger partial charge in [-0.05, 0) is 30.7 Å². The third kappa shape index (κ3) is 4.88. The molecule has 0 fully saturated rings. The fourth-order valence-electron chi connectivity index (χ4n) is 2.36. The lowest BCUT2D eigenvalue weighted by molar-refractivity contribution is 0.0658. The number of hydrogen-bond acceptors (Lipinski definition) is 5. The molecule has 1 atom stereocenters. The Labute approximate surface area is 126 Å². The number of benzene rings is 1. The van der Waals surface area contributed by atoms with Gasteiger partial charge in [0.25, 0.3) is 0 Å². The van der Waals surface area contributed by atoms with Crippen LogP contribution in [0.15, 0.2) is 18.2 Å². The van der Waals surface area contributed by atoms with Crippen LogP contribution >= 0.6 is 0 Å². The molecule has 1 aromatic carbocycles. The molecule has 0 saturated heterocycles.